The number of hydrogen-bond donors (Lipinski definition) is 3. The summed E-state index contributed by atoms with van der Waals surface area (Å²) < 4.78 is 41.9. The molecule has 0 radical (unpaired) electrons. The molecule has 7 rings (SSSR count). The third-order valence-corrected chi connectivity index (χ3v) is 7.53. The quantitative estimate of drug-likeness (QED) is 0.486. The molecule has 3 fully saturated rings. The van der Waals surface area contributed by atoms with Gasteiger partial charge in [0.25, 0.3) is 17.4 Å². The van der Waals surface area contributed by atoms with Crippen LogP contribution in [0.25, 0.3) is 5.65 Å². The zero-order valence-corrected chi connectivity index (χ0v) is 19.0. The number of anilines is 3. The summed E-state index contributed by atoms with van der Waals surface area (Å²) in [6.45, 7) is 2.17. The van der Waals surface area contributed by atoms with Gasteiger partial charge in [-0.2, -0.15) is 9.61 Å². The summed E-state index contributed by atoms with van der Waals surface area (Å²) in [5.41, 5.74) is 0.303. The molecule has 0 bridgehead atoms. The Labute approximate surface area is 202 Å². The number of ether oxygens (including phenoxy) is 2. The van der Waals surface area contributed by atoms with Crippen LogP contribution in [0.15, 0.2) is 29.3 Å². The van der Waals surface area contributed by atoms with E-state index in [4.69, 9.17) is 9.47 Å². The second-order valence-corrected chi connectivity index (χ2v) is 9.65. The molecule has 5 heterocycles. The molecule has 0 aromatic carbocycles. The fourth-order valence-corrected chi connectivity index (χ4v) is 5.35. The maximum absolute atomic E-state index is 13.7. The molecule has 36 heavy (non-hydrogen) atoms. The van der Waals surface area contributed by atoms with Gasteiger partial charge in [-0.05, 0) is 18.6 Å². The Morgan fingerprint density at radius 1 is 1.28 bits per heavy atom. The molecule has 1 unspecified atom stereocenters. The van der Waals surface area contributed by atoms with Gasteiger partial charge in [0, 0.05) is 30.5 Å². The standard InChI is InChI=1S/C23H23F2N7O4/c24-23(25)4-3-15(23)29-21(33)11-8-27-32-19(11)30-18(17-20(32)26-5-7-36-17)28-14-2-1-6-31(22(14)34)16-12-9-35-10-13(12)16/h1-2,6,8,12-13,15-16,26H,3-5,7,9-10H2,(H,28,30)(H,29,33)/t12-,13+,15?,16+. The zero-order valence-electron chi connectivity index (χ0n) is 19.0. The number of nitrogens with zero attached hydrogens (tertiary/aromatic N) is 4. The molecule has 2 aliphatic heterocycles. The van der Waals surface area contributed by atoms with Gasteiger partial charge in [-0.25, -0.2) is 13.8 Å². The Morgan fingerprint density at radius 3 is 2.86 bits per heavy atom. The van der Waals surface area contributed by atoms with Crippen molar-refractivity contribution in [1.29, 1.82) is 0 Å². The number of rotatable bonds is 5. The van der Waals surface area contributed by atoms with Gasteiger partial charge in [-0.3, -0.25) is 9.59 Å². The fourth-order valence-electron chi connectivity index (χ4n) is 5.35. The van der Waals surface area contributed by atoms with E-state index in [0.29, 0.717) is 55.5 Å². The number of hydrogen-bond acceptors (Lipinski definition) is 8. The van der Waals surface area contributed by atoms with Crippen LogP contribution in [0.1, 0.15) is 29.2 Å². The normalized spacial score (nSPS) is 27.3. The molecule has 4 atom stereocenters. The van der Waals surface area contributed by atoms with E-state index < -0.39 is 17.9 Å². The monoisotopic (exact) mass is 499 g/mol. The number of amides is 1. The molecule has 3 aromatic heterocycles. The van der Waals surface area contributed by atoms with Gasteiger partial charge in [0.05, 0.1) is 32.0 Å². The van der Waals surface area contributed by atoms with E-state index in [1.165, 1.54) is 10.7 Å². The molecular weight excluding hydrogens is 476 g/mol. The molecule has 3 N–H and O–H groups in total. The Morgan fingerprint density at radius 2 is 2.11 bits per heavy atom. The molecule has 11 nitrogen and oxygen atoms in total. The number of carbonyl (C=O) groups excluding carboxylic acids is 1. The summed E-state index contributed by atoms with van der Waals surface area (Å²) in [5, 5.41) is 12.9. The van der Waals surface area contributed by atoms with E-state index in [9.17, 15) is 18.4 Å². The highest BCUT2D eigenvalue weighted by Crippen LogP contribution is 2.53. The van der Waals surface area contributed by atoms with Crippen LogP contribution in [0.3, 0.4) is 0 Å². The maximum Gasteiger partial charge on any atom is 0.274 e. The summed E-state index contributed by atoms with van der Waals surface area (Å²) in [6.07, 6.45) is 3.02. The number of nitrogens with one attached hydrogen (secondary N) is 3. The summed E-state index contributed by atoms with van der Waals surface area (Å²) in [7, 11) is 0. The smallest absolute Gasteiger partial charge is 0.274 e. The van der Waals surface area contributed by atoms with Crippen LogP contribution in [0.5, 0.6) is 5.75 Å². The van der Waals surface area contributed by atoms with Gasteiger partial charge in [-0.15, -0.1) is 0 Å². The van der Waals surface area contributed by atoms with Crippen LogP contribution < -0.4 is 26.2 Å². The highest BCUT2D eigenvalue weighted by Gasteiger charge is 2.55. The lowest BCUT2D eigenvalue weighted by molar-refractivity contribution is -0.102. The van der Waals surface area contributed by atoms with Crippen LogP contribution in [-0.4, -0.2) is 63.4 Å². The van der Waals surface area contributed by atoms with E-state index in [0.717, 1.165) is 0 Å². The van der Waals surface area contributed by atoms with Crippen LogP contribution >= 0.6 is 0 Å². The third-order valence-electron chi connectivity index (χ3n) is 7.53. The average molecular weight is 499 g/mol. The van der Waals surface area contributed by atoms with Gasteiger partial charge >= 0.3 is 0 Å². The summed E-state index contributed by atoms with van der Waals surface area (Å²) >= 11 is 0. The van der Waals surface area contributed by atoms with Gasteiger partial charge < -0.3 is 30.0 Å². The van der Waals surface area contributed by atoms with Gasteiger partial charge in [0.1, 0.15) is 17.9 Å². The molecule has 1 amide bonds. The van der Waals surface area contributed by atoms with Crippen LogP contribution in [-0.2, 0) is 4.74 Å². The highest BCUT2D eigenvalue weighted by molar-refractivity contribution is 6.00. The number of aromatic nitrogens is 4. The van der Waals surface area contributed by atoms with Crippen LogP contribution in [0, 0.1) is 11.8 Å². The molecule has 2 saturated carbocycles. The van der Waals surface area contributed by atoms with Crippen LogP contribution in [0.4, 0.5) is 26.1 Å². The second kappa shape index (κ2) is 7.63. The van der Waals surface area contributed by atoms with Crippen molar-refractivity contribution in [2.75, 3.05) is 37.0 Å². The number of pyridine rings is 1. The SMILES string of the molecule is O=C(NC1CCC1(F)F)c1cnn2c3c(c(Nc4cccn([C@H]5[C@@H]6COC[C@@H]65)c4=O)nc12)OCCN3. The van der Waals surface area contributed by atoms with Gasteiger partial charge in [0.2, 0.25) is 5.75 Å². The lowest BCUT2D eigenvalue weighted by Gasteiger charge is -2.36. The molecule has 3 aromatic rings. The van der Waals surface area contributed by atoms with E-state index >= 15 is 0 Å². The van der Waals surface area contributed by atoms with Crippen molar-refractivity contribution < 1.29 is 23.0 Å². The Balaban J connectivity index is 1.25. The Bertz CT molecular complexity index is 1440. The van der Waals surface area contributed by atoms with Crippen molar-refractivity contribution in [3.63, 3.8) is 0 Å². The Kier molecular flexibility index (Phi) is 4.56. The minimum Gasteiger partial charge on any atom is -0.485 e. The molecule has 13 heteroatoms. The molecule has 2 aliphatic carbocycles. The fraction of sp³-hybridized carbons (Fsp3) is 0.478. The molecule has 1 saturated heterocycles. The molecular formula is C23H23F2N7O4. The number of carbonyl (C=O) groups is 1. The minimum atomic E-state index is -2.92. The summed E-state index contributed by atoms with van der Waals surface area (Å²) in [4.78, 5) is 30.7. The summed E-state index contributed by atoms with van der Waals surface area (Å²) in [5.74, 6) is -1.89. The van der Waals surface area contributed by atoms with E-state index in [-0.39, 0.29) is 41.5 Å². The first-order valence-electron chi connectivity index (χ1n) is 12.0. The Hall–Kier alpha value is -3.74. The number of halogens is 2. The topological polar surface area (TPSA) is 124 Å². The number of fused-ring (bicyclic) bond motifs is 4. The first kappa shape index (κ1) is 21.5. The van der Waals surface area contributed by atoms with Crippen molar-refractivity contribution in [1.82, 2.24) is 24.5 Å². The highest BCUT2D eigenvalue weighted by atomic mass is 19.3. The first-order valence-corrected chi connectivity index (χ1v) is 12.0. The van der Waals surface area contributed by atoms with Crippen LogP contribution in [0.2, 0.25) is 0 Å². The van der Waals surface area contributed by atoms with Crippen molar-refractivity contribution in [3.8, 4) is 5.75 Å². The van der Waals surface area contributed by atoms with E-state index in [1.54, 1.807) is 22.9 Å². The third kappa shape index (κ3) is 3.18. The van der Waals surface area contributed by atoms with Crippen molar-refractivity contribution in [2.45, 2.75) is 30.8 Å². The predicted molar refractivity (Wildman–Crippen MR) is 123 cm³/mol. The first-order chi connectivity index (χ1) is 17.4. The van der Waals surface area contributed by atoms with Gasteiger partial charge in [0.15, 0.2) is 17.3 Å². The molecule has 4 aliphatic rings. The van der Waals surface area contributed by atoms with Gasteiger partial charge in [-0.1, -0.05) is 0 Å². The van der Waals surface area contributed by atoms with Crippen molar-refractivity contribution in [2.24, 2.45) is 11.8 Å². The minimum absolute atomic E-state index is 0.0483. The zero-order chi connectivity index (χ0) is 24.6. The summed E-state index contributed by atoms with van der Waals surface area (Å²) in [6, 6.07) is 2.35. The second-order valence-electron chi connectivity index (χ2n) is 9.65. The predicted octanol–water partition coefficient (Wildman–Crippen LogP) is 1.78. The average Bonchev–Trinajstić information content (AvgIpc) is 3.20. The number of alkyl halides is 2. The van der Waals surface area contributed by atoms with E-state index in [1.807, 2.05) is 0 Å². The lowest BCUT2D eigenvalue weighted by atomic mass is 9.88. The largest absolute Gasteiger partial charge is 0.485 e. The van der Waals surface area contributed by atoms with E-state index in [2.05, 4.69) is 26.0 Å². The maximum atomic E-state index is 13.7. The van der Waals surface area contributed by atoms with Crippen molar-refractivity contribution in [3.05, 3.63) is 40.4 Å². The lowest BCUT2D eigenvalue weighted by Crippen LogP contribution is -2.55. The molecule has 0 spiro atoms. The van der Waals surface area contributed by atoms with Crippen molar-refractivity contribution >= 4 is 28.9 Å². The molecule has 188 valence electrons.